The van der Waals surface area contributed by atoms with Gasteiger partial charge in [0.05, 0.1) is 11.5 Å². The molecule has 6 heteroatoms. The van der Waals surface area contributed by atoms with Crippen LogP contribution in [0.5, 0.6) is 5.75 Å². The highest BCUT2D eigenvalue weighted by Gasteiger charge is 2.15. The van der Waals surface area contributed by atoms with Gasteiger partial charge in [-0.2, -0.15) is 0 Å². The Morgan fingerprint density at radius 3 is 2.58 bits per heavy atom. The van der Waals surface area contributed by atoms with E-state index in [0.29, 0.717) is 12.4 Å². The lowest BCUT2D eigenvalue weighted by Crippen LogP contribution is -2.23. The molecule has 24 heavy (non-hydrogen) atoms. The standard InChI is InChI=1S/C18H22N2O3S/c1-2-9-23-17-5-7-18(8-6-17)24(21,22)20-11-14-3-4-15-12-19-13-16(15)10-14/h3-8,10,19-20H,2,9,11-13H2,1H3. The zero-order valence-corrected chi connectivity index (χ0v) is 14.5. The predicted molar refractivity (Wildman–Crippen MR) is 93.2 cm³/mol. The topological polar surface area (TPSA) is 67.4 Å². The van der Waals surface area contributed by atoms with E-state index in [1.807, 2.05) is 13.0 Å². The third-order valence-electron chi connectivity index (χ3n) is 3.97. The fourth-order valence-electron chi connectivity index (χ4n) is 2.65. The Labute approximate surface area is 143 Å². The van der Waals surface area contributed by atoms with Gasteiger partial charge in [0.2, 0.25) is 10.0 Å². The highest BCUT2D eigenvalue weighted by Crippen LogP contribution is 2.19. The van der Waals surface area contributed by atoms with Crippen LogP contribution in [0, 0.1) is 0 Å². The molecule has 0 aromatic heterocycles. The lowest BCUT2D eigenvalue weighted by Gasteiger charge is -2.09. The van der Waals surface area contributed by atoms with Crippen LogP contribution in [0.25, 0.3) is 0 Å². The van der Waals surface area contributed by atoms with Crippen LogP contribution in [0.4, 0.5) is 0 Å². The van der Waals surface area contributed by atoms with Crippen molar-refractivity contribution in [1.29, 1.82) is 0 Å². The SMILES string of the molecule is CCCOc1ccc(S(=O)(=O)NCc2ccc3c(c2)CNC3)cc1. The van der Waals surface area contributed by atoms with Crippen molar-refractivity contribution >= 4 is 10.0 Å². The fraction of sp³-hybridized carbons (Fsp3) is 0.333. The molecule has 2 N–H and O–H groups in total. The summed E-state index contributed by atoms with van der Waals surface area (Å²) in [5.41, 5.74) is 3.48. The van der Waals surface area contributed by atoms with Crippen LogP contribution < -0.4 is 14.8 Å². The molecule has 3 rings (SSSR count). The average Bonchev–Trinajstić information content (AvgIpc) is 3.06. The summed E-state index contributed by atoms with van der Waals surface area (Å²) in [5, 5.41) is 3.28. The molecule has 0 bridgehead atoms. The van der Waals surface area contributed by atoms with Crippen molar-refractivity contribution in [3.63, 3.8) is 0 Å². The van der Waals surface area contributed by atoms with Gasteiger partial charge in [-0.3, -0.25) is 0 Å². The molecule has 1 aliphatic rings. The van der Waals surface area contributed by atoms with E-state index in [4.69, 9.17) is 4.74 Å². The van der Waals surface area contributed by atoms with Crippen molar-refractivity contribution < 1.29 is 13.2 Å². The number of rotatable bonds is 7. The van der Waals surface area contributed by atoms with Crippen LogP contribution in [0.1, 0.15) is 30.0 Å². The smallest absolute Gasteiger partial charge is 0.240 e. The second-order valence-electron chi connectivity index (χ2n) is 5.85. The number of benzene rings is 2. The summed E-state index contributed by atoms with van der Waals surface area (Å²) in [5.74, 6) is 0.682. The van der Waals surface area contributed by atoms with E-state index in [2.05, 4.69) is 22.2 Å². The van der Waals surface area contributed by atoms with E-state index < -0.39 is 10.0 Å². The Morgan fingerprint density at radius 2 is 1.83 bits per heavy atom. The maximum absolute atomic E-state index is 12.4. The van der Waals surface area contributed by atoms with Gasteiger partial charge >= 0.3 is 0 Å². The molecule has 0 atom stereocenters. The van der Waals surface area contributed by atoms with Crippen molar-refractivity contribution in [3.8, 4) is 5.75 Å². The van der Waals surface area contributed by atoms with Crippen LogP contribution in [-0.4, -0.2) is 15.0 Å². The molecule has 0 saturated heterocycles. The summed E-state index contributed by atoms with van der Waals surface area (Å²) >= 11 is 0. The molecule has 0 unspecified atom stereocenters. The predicted octanol–water partition coefficient (Wildman–Crippen LogP) is 2.56. The molecular weight excluding hydrogens is 324 g/mol. The van der Waals surface area contributed by atoms with Gasteiger partial charge in [-0.05, 0) is 47.4 Å². The first-order valence-electron chi connectivity index (χ1n) is 8.12. The normalized spacial score (nSPS) is 13.7. The quantitative estimate of drug-likeness (QED) is 0.808. The largest absolute Gasteiger partial charge is 0.494 e. The van der Waals surface area contributed by atoms with Crippen LogP contribution in [0.2, 0.25) is 0 Å². The molecule has 0 amide bonds. The van der Waals surface area contributed by atoms with Crippen molar-refractivity contribution in [2.45, 2.75) is 37.9 Å². The number of nitrogens with one attached hydrogen (secondary N) is 2. The second-order valence-corrected chi connectivity index (χ2v) is 7.62. The zero-order chi connectivity index (χ0) is 17.0. The van der Waals surface area contributed by atoms with Crippen molar-refractivity contribution in [1.82, 2.24) is 10.0 Å². The van der Waals surface area contributed by atoms with Gasteiger partial charge in [0.25, 0.3) is 0 Å². The van der Waals surface area contributed by atoms with Gasteiger partial charge in [-0.25, -0.2) is 13.1 Å². The first-order valence-corrected chi connectivity index (χ1v) is 9.61. The molecule has 0 spiro atoms. The lowest BCUT2D eigenvalue weighted by molar-refractivity contribution is 0.317. The van der Waals surface area contributed by atoms with Gasteiger partial charge in [0.1, 0.15) is 5.75 Å². The van der Waals surface area contributed by atoms with Gasteiger partial charge in [0.15, 0.2) is 0 Å². The van der Waals surface area contributed by atoms with E-state index in [1.165, 1.54) is 11.1 Å². The third kappa shape index (κ3) is 3.95. The Morgan fingerprint density at radius 1 is 1.08 bits per heavy atom. The number of sulfonamides is 1. The van der Waals surface area contributed by atoms with Crippen LogP contribution in [0.3, 0.4) is 0 Å². The average molecular weight is 346 g/mol. The first kappa shape index (κ1) is 17.0. The highest BCUT2D eigenvalue weighted by molar-refractivity contribution is 7.89. The van der Waals surface area contributed by atoms with Gasteiger partial charge in [0, 0.05) is 19.6 Å². The molecule has 0 fully saturated rings. The van der Waals surface area contributed by atoms with Crippen LogP contribution in [-0.2, 0) is 29.7 Å². The minimum atomic E-state index is -3.53. The highest BCUT2D eigenvalue weighted by atomic mass is 32.2. The molecule has 2 aromatic rings. The van der Waals surface area contributed by atoms with Crippen molar-refractivity contribution in [2.24, 2.45) is 0 Å². The van der Waals surface area contributed by atoms with E-state index >= 15 is 0 Å². The third-order valence-corrected chi connectivity index (χ3v) is 5.39. The van der Waals surface area contributed by atoms with E-state index in [0.717, 1.165) is 25.1 Å². The van der Waals surface area contributed by atoms with Crippen LogP contribution >= 0.6 is 0 Å². The van der Waals surface area contributed by atoms with E-state index in [1.54, 1.807) is 24.3 Å². The van der Waals surface area contributed by atoms with E-state index in [9.17, 15) is 8.42 Å². The van der Waals surface area contributed by atoms with Gasteiger partial charge in [-0.15, -0.1) is 0 Å². The minimum absolute atomic E-state index is 0.245. The molecular formula is C18H22N2O3S. The molecule has 1 heterocycles. The van der Waals surface area contributed by atoms with Crippen molar-refractivity contribution in [2.75, 3.05) is 6.61 Å². The monoisotopic (exact) mass is 346 g/mol. The number of ether oxygens (including phenoxy) is 1. The number of hydrogen-bond acceptors (Lipinski definition) is 4. The zero-order valence-electron chi connectivity index (χ0n) is 13.7. The summed E-state index contributed by atoms with van der Waals surface area (Å²) in [6.45, 7) is 4.65. The molecule has 1 aliphatic heterocycles. The molecule has 128 valence electrons. The maximum atomic E-state index is 12.4. The van der Waals surface area contributed by atoms with E-state index in [-0.39, 0.29) is 11.4 Å². The van der Waals surface area contributed by atoms with Crippen LogP contribution in [0.15, 0.2) is 47.4 Å². The Bertz CT molecular complexity index is 802. The summed E-state index contributed by atoms with van der Waals surface area (Å²) < 4.78 is 32.9. The van der Waals surface area contributed by atoms with Crippen molar-refractivity contribution in [3.05, 3.63) is 59.2 Å². The lowest BCUT2D eigenvalue weighted by atomic mass is 10.1. The second kappa shape index (κ2) is 7.34. The van der Waals surface area contributed by atoms with Gasteiger partial charge < -0.3 is 10.1 Å². The summed E-state index contributed by atoms with van der Waals surface area (Å²) in [7, 11) is -3.53. The van der Waals surface area contributed by atoms with Gasteiger partial charge in [-0.1, -0.05) is 25.1 Å². The maximum Gasteiger partial charge on any atom is 0.240 e. The summed E-state index contributed by atoms with van der Waals surface area (Å²) in [6.07, 6.45) is 0.915. The Kier molecular flexibility index (Phi) is 5.18. The molecule has 5 nitrogen and oxygen atoms in total. The summed E-state index contributed by atoms with van der Waals surface area (Å²) in [4.78, 5) is 0.245. The molecule has 0 aliphatic carbocycles. The number of hydrogen-bond donors (Lipinski definition) is 2. The molecule has 2 aromatic carbocycles. The molecule has 0 radical (unpaired) electrons. The summed E-state index contributed by atoms with van der Waals surface area (Å²) in [6, 6.07) is 12.6. The minimum Gasteiger partial charge on any atom is -0.494 e. The first-order chi connectivity index (χ1) is 11.6. The Balaban J connectivity index is 1.65. The fourth-order valence-corrected chi connectivity index (χ4v) is 3.67. The number of fused-ring (bicyclic) bond motifs is 1. The molecule has 0 saturated carbocycles. The Hall–Kier alpha value is -1.89.